The van der Waals surface area contributed by atoms with Crippen molar-refractivity contribution in [3.63, 3.8) is 0 Å². The maximum atomic E-state index is 12.1. The second kappa shape index (κ2) is 8.73. The van der Waals surface area contributed by atoms with E-state index in [2.05, 4.69) is 26.6 Å². The zero-order valence-electron chi connectivity index (χ0n) is 13.6. The Kier molecular flexibility index (Phi) is 6.66. The minimum atomic E-state index is -0.411. The van der Waals surface area contributed by atoms with Crippen molar-refractivity contribution in [1.82, 2.24) is 5.32 Å². The number of rotatable bonds is 6. The van der Waals surface area contributed by atoms with Gasteiger partial charge in [-0.05, 0) is 36.4 Å². The zero-order valence-corrected chi connectivity index (χ0v) is 15.9. The smallest absolute Gasteiger partial charge is 0.262 e. The van der Waals surface area contributed by atoms with E-state index < -0.39 is 5.91 Å². The monoisotopic (exact) mass is 426 g/mol. The largest absolute Gasteiger partial charge is 0.495 e. The molecule has 0 bridgehead atoms. The summed E-state index contributed by atoms with van der Waals surface area (Å²) >= 11 is 9.34. The fourth-order valence-electron chi connectivity index (χ4n) is 2.01. The summed E-state index contributed by atoms with van der Waals surface area (Å²) in [5.74, 6) is 0.149. The van der Waals surface area contributed by atoms with Crippen LogP contribution in [-0.4, -0.2) is 32.6 Å². The molecule has 2 aromatic rings. The predicted molar refractivity (Wildman–Crippen MR) is 99.7 cm³/mol. The van der Waals surface area contributed by atoms with Crippen LogP contribution < -0.4 is 20.1 Å². The standard InChI is InChI=1S/C17H16BrClN2O4/c1-20-17(23)10-3-5-15(24-2)13(7-10)21-16(22)9-25-14-6-4-11(18)8-12(14)19/h3-8H,9H2,1-2H3,(H,20,23)(H,21,22). The molecule has 0 saturated carbocycles. The molecule has 2 amide bonds. The number of benzene rings is 2. The molecular formula is C17H16BrClN2O4. The SMILES string of the molecule is CNC(=O)c1ccc(OC)c(NC(=O)COc2ccc(Br)cc2Cl)c1. The van der Waals surface area contributed by atoms with Gasteiger partial charge < -0.3 is 20.1 Å². The predicted octanol–water partition coefficient (Wildman–Crippen LogP) is 3.49. The Morgan fingerprint density at radius 2 is 1.88 bits per heavy atom. The van der Waals surface area contributed by atoms with E-state index in [0.29, 0.717) is 27.8 Å². The molecule has 6 nitrogen and oxygen atoms in total. The molecule has 2 rings (SSSR count). The molecule has 0 unspecified atom stereocenters. The number of hydrogen-bond donors (Lipinski definition) is 2. The van der Waals surface area contributed by atoms with Crippen molar-refractivity contribution in [2.45, 2.75) is 0 Å². The topological polar surface area (TPSA) is 76.7 Å². The summed E-state index contributed by atoms with van der Waals surface area (Å²) in [4.78, 5) is 23.9. The Balaban J connectivity index is 2.07. The van der Waals surface area contributed by atoms with E-state index in [0.717, 1.165) is 4.47 Å². The van der Waals surface area contributed by atoms with Gasteiger partial charge in [-0.2, -0.15) is 0 Å². The number of carbonyl (C=O) groups is 2. The summed E-state index contributed by atoms with van der Waals surface area (Å²) < 4.78 is 11.4. The summed E-state index contributed by atoms with van der Waals surface area (Å²) in [6, 6.07) is 9.83. The van der Waals surface area contributed by atoms with Crippen LogP contribution in [0.5, 0.6) is 11.5 Å². The molecule has 25 heavy (non-hydrogen) atoms. The number of nitrogens with one attached hydrogen (secondary N) is 2. The van der Waals surface area contributed by atoms with Crippen molar-refractivity contribution >= 4 is 45.0 Å². The molecule has 0 heterocycles. The Morgan fingerprint density at radius 1 is 1.16 bits per heavy atom. The molecule has 2 N–H and O–H groups in total. The molecule has 0 aliphatic heterocycles. The summed E-state index contributed by atoms with van der Waals surface area (Å²) in [6.07, 6.45) is 0. The molecule has 0 spiro atoms. The van der Waals surface area contributed by atoms with Gasteiger partial charge in [0.05, 0.1) is 17.8 Å². The van der Waals surface area contributed by atoms with Gasteiger partial charge in [0.25, 0.3) is 11.8 Å². The second-order valence-corrected chi connectivity index (χ2v) is 6.23. The highest BCUT2D eigenvalue weighted by atomic mass is 79.9. The average molecular weight is 428 g/mol. The van der Waals surface area contributed by atoms with Crippen molar-refractivity contribution in [1.29, 1.82) is 0 Å². The van der Waals surface area contributed by atoms with E-state index in [1.54, 1.807) is 30.3 Å². The van der Waals surface area contributed by atoms with Gasteiger partial charge in [-0.3, -0.25) is 9.59 Å². The highest BCUT2D eigenvalue weighted by molar-refractivity contribution is 9.10. The number of hydrogen-bond acceptors (Lipinski definition) is 4. The third kappa shape index (κ3) is 5.11. The highest BCUT2D eigenvalue weighted by Gasteiger charge is 2.13. The van der Waals surface area contributed by atoms with E-state index in [9.17, 15) is 9.59 Å². The molecular weight excluding hydrogens is 412 g/mol. The molecule has 0 aromatic heterocycles. The van der Waals surface area contributed by atoms with Gasteiger partial charge in [0.1, 0.15) is 11.5 Å². The van der Waals surface area contributed by atoms with Crippen molar-refractivity contribution in [3.05, 3.63) is 51.5 Å². The maximum Gasteiger partial charge on any atom is 0.262 e. The van der Waals surface area contributed by atoms with Crippen molar-refractivity contribution in [3.8, 4) is 11.5 Å². The first-order chi connectivity index (χ1) is 11.9. The molecule has 8 heteroatoms. The van der Waals surface area contributed by atoms with Gasteiger partial charge in [-0.1, -0.05) is 27.5 Å². The van der Waals surface area contributed by atoms with Crippen LogP contribution in [0, 0.1) is 0 Å². The van der Waals surface area contributed by atoms with Crippen LogP contribution in [0.15, 0.2) is 40.9 Å². The summed E-state index contributed by atoms with van der Waals surface area (Å²) in [5, 5.41) is 5.57. The fourth-order valence-corrected chi connectivity index (χ4v) is 2.74. The van der Waals surface area contributed by atoms with E-state index in [4.69, 9.17) is 21.1 Å². The first-order valence-corrected chi connectivity index (χ1v) is 8.39. The lowest BCUT2D eigenvalue weighted by Gasteiger charge is -2.13. The lowest BCUT2D eigenvalue weighted by Crippen LogP contribution is -2.22. The lowest BCUT2D eigenvalue weighted by atomic mass is 10.1. The Hall–Kier alpha value is -2.25. The van der Waals surface area contributed by atoms with Crippen LogP contribution in [0.25, 0.3) is 0 Å². The highest BCUT2D eigenvalue weighted by Crippen LogP contribution is 2.28. The van der Waals surface area contributed by atoms with Crippen molar-refractivity contribution in [2.24, 2.45) is 0 Å². The van der Waals surface area contributed by atoms with E-state index in [-0.39, 0.29) is 12.5 Å². The lowest BCUT2D eigenvalue weighted by molar-refractivity contribution is -0.118. The first kappa shape index (κ1) is 19.1. The average Bonchev–Trinajstić information content (AvgIpc) is 2.60. The van der Waals surface area contributed by atoms with Gasteiger partial charge in [-0.15, -0.1) is 0 Å². The van der Waals surface area contributed by atoms with Crippen molar-refractivity contribution < 1.29 is 19.1 Å². The third-order valence-electron chi connectivity index (χ3n) is 3.22. The number of ether oxygens (including phenoxy) is 2. The van der Waals surface area contributed by atoms with Crippen LogP contribution in [0.3, 0.4) is 0 Å². The summed E-state index contributed by atoms with van der Waals surface area (Å²) in [6.45, 7) is -0.241. The fraction of sp³-hybridized carbons (Fsp3) is 0.176. The minimum Gasteiger partial charge on any atom is -0.495 e. The molecule has 0 atom stereocenters. The molecule has 132 valence electrons. The quantitative estimate of drug-likeness (QED) is 0.740. The number of anilines is 1. The van der Waals surface area contributed by atoms with Gasteiger partial charge in [-0.25, -0.2) is 0 Å². The van der Waals surface area contributed by atoms with Gasteiger partial charge in [0, 0.05) is 17.1 Å². The van der Waals surface area contributed by atoms with Crippen LogP contribution in [0.1, 0.15) is 10.4 Å². The second-order valence-electron chi connectivity index (χ2n) is 4.91. The first-order valence-electron chi connectivity index (χ1n) is 7.22. The van der Waals surface area contributed by atoms with Crippen LogP contribution in [0.4, 0.5) is 5.69 Å². The molecule has 0 radical (unpaired) electrons. The van der Waals surface area contributed by atoms with Crippen LogP contribution >= 0.6 is 27.5 Å². The molecule has 0 aliphatic carbocycles. The van der Waals surface area contributed by atoms with E-state index >= 15 is 0 Å². The zero-order chi connectivity index (χ0) is 18.4. The van der Waals surface area contributed by atoms with Gasteiger partial charge in [0.15, 0.2) is 6.61 Å². The normalized spacial score (nSPS) is 10.1. The van der Waals surface area contributed by atoms with Gasteiger partial charge >= 0.3 is 0 Å². The summed E-state index contributed by atoms with van der Waals surface area (Å²) in [7, 11) is 3.00. The molecule has 0 aliphatic rings. The Bertz CT molecular complexity index is 798. The summed E-state index contributed by atoms with van der Waals surface area (Å²) in [5.41, 5.74) is 0.773. The van der Waals surface area contributed by atoms with Gasteiger partial charge in [0.2, 0.25) is 0 Å². The van der Waals surface area contributed by atoms with E-state index in [1.807, 2.05) is 0 Å². The Morgan fingerprint density at radius 3 is 2.52 bits per heavy atom. The van der Waals surface area contributed by atoms with Crippen LogP contribution in [-0.2, 0) is 4.79 Å². The number of methoxy groups -OCH3 is 1. The van der Waals surface area contributed by atoms with Crippen LogP contribution in [0.2, 0.25) is 5.02 Å². The Labute approximate surface area is 158 Å². The molecule has 0 fully saturated rings. The van der Waals surface area contributed by atoms with Crippen molar-refractivity contribution in [2.75, 3.05) is 26.1 Å². The number of carbonyl (C=O) groups excluding carboxylic acids is 2. The number of amides is 2. The molecule has 2 aromatic carbocycles. The van der Waals surface area contributed by atoms with E-state index in [1.165, 1.54) is 20.2 Å². The molecule has 0 saturated heterocycles. The minimum absolute atomic E-state index is 0.241. The number of halogens is 2. The maximum absolute atomic E-state index is 12.1. The third-order valence-corrected chi connectivity index (χ3v) is 4.00.